The fraction of sp³-hybridized carbons (Fsp3) is 0.533. The van der Waals surface area contributed by atoms with Crippen molar-refractivity contribution < 1.29 is 19.0 Å². The summed E-state index contributed by atoms with van der Waals surface area (Å²) < 4.78 is 18.4. The molecule has 1 fully saturated rings. The molecule has 110 valence electrons. The standard InChI is InChI=1S/C15H20FNO3/c1-20-15-3-2-12(16)8-13(15)14(19)10-17-6-4-11(9-17)5-7-18/h2-3,8,11,18H,4-7,9-10H2,1H3. The minimum atomic E-state index is -0.436. The number of nitrogens with zero attached hydrogens (tertiary/aromatic N) is 1. The minimum absolute atomic E-state index is 0.133. The number of aliphatic hydroxyl groups excluding tert-OH is 1. The van der Waals surface area contributed by atoms with Crippen LogP contribution in [0.2, 0.25) is 0 Å². The molecule has 1 aliphatic rings. The Labute approximate surface area is 118 Å². The van der Waals surface area contributed by atoms with Gasteiger partial charge in [-0.2, -0.15) is 0 Å². The predicted molar refractivity (Wildman–Crippen MR) is 73.5 cm³/mol. The molecular weight excluding hydrogens is 261 g/mol. The maximum absolute atomic E-state index is 13.3. The molecule has 4 nitrogen and oxygen atoms in total. The first kappa shape index (κ1) is 14.9. The zero-order valence-corrected chi connectivity index (χ0v) is 11.6. The molecule has 1 N–H and O–H groups in total. The Morgan fingerprint density at radius 3 is 3.05 bits per heavy atom. The highest BCUT2D eigenvalue weighted by Crippen LogP contribution is 2.23. The molecule has 1 atom stereocenters. The van der Waals surface area contributed by atoms with E-state index in [0.717, 1.165) is 25.9 Å². The molecular formula is C15H20FNO3. The number of benzene rings is 1. The van der Waals surface area contributed by atoms with Crippen LogP contribution in [0.3, 0.4) is 0 Å². The van der Waals surface area contributed by atoms with E-state index in [1.165, 1.54) is 25.3 Å². The van der Waals surface area contributed by atoms with E-state index < -0.39 is 5.82 Å². The van der Waals surface area contributed by atoms with E-state index in [2.05, 4.69) is 0 Å². The van der Waals surface area contributed by atoms with E-state index in [4.69, 9.17) is 9.84 Å². The normalized spacial score (nSPS) is 19.2. The van der Waals surface area contributed by atoms with Crippen LogP contribution < -0.4 is 4.74 Å². The van der Waals surface area contributed by atoms with Crippen LogP contribution in [0.25, 0.3) is 0 Å². The third kappa shape index (κ3) is 3.55. The Morgan fingerprint density at radius 1 is 1.55 bits per heavy atom. The number of carbonyl (C=O) groups excluding carboxylic acids is 1. The van der Waals surface area contributed by atoms with Crippen molar-refractivity contribution in [3.8, 4) is 5.75 Å². The van der Waals surface area contributed by atoms with Crippen LogP contribution in [-0.2, 0) is 0 Å². The SMILES string of the molecule is COc1ccc(F)cc1C(=O)CN1CCC(CCO)C1. The third-order valence-electron chi connectivity index (χ3n) is 3.74. The van der Waals surface area contributed by atoms with Gasteiger partial charge < -0.3 is 9.84 Å². The van der Waals surface area contributed by atoms with E-state index in [9.17, 15) is 9.18 Å². The van der Waals surface area contributed by atoms with Crippen molar-refractivity contribution in [1.29, 1.82) is 0 Å². The van der Waals surface area contributed by atoms with Crippen molar-refractivity contribution in [2.45, 2.75) is 12.8 Å². The molecule has 0 spiro atoms. The van der Waals surface area contributed by atoms with Gasteiger partial charge in [0.2, 0.25) is 0 Å². The summed E-state index contributed by atoms with van der Waals surface area (Å²) in [4.78, 5) is 14.3. The molecule has 2 rings (SSSR count). The van der Waals surface area contributed by atoms with Gasteiger partial charge in [0.15, 0.2) is 5.78 Å². The molecule has 1 aromatic carbocycles. The molecule has 0 bridgehead atoms. The second-order valence-corrected chi connectivity index (χ2v) is 5.17. The molecule has 20 heavy (non-hydrogen) atoms. The smallest absolute Gasteiger partial charge is 0.180 e. The number of aliphatic hydroxyl groups is 1. The van der Waals surface area contributed by atoms with Crippen LogP contribution in [0.5, 0.6) is 5.75 Å². The first-order valence-electron chi connectivity index (χ1n) is 6.84. The number of hydrogen-bond donors (Lipinski definition) is 1. The monoisotopic (exact) mass is 281 g/mol. The Kier molecular flexibility index (Phi) is 5.09. The minimum Gasteiger partial charge on any atom is -0.496 e. The first-order valence-corrected chi connectivity index (χ1v) is 6.84. The molecule has 0 radical (unpaired) electrons. The van der Waals surface area contributed by atoms with Gasteiger partial charge in [0.05, 0.1) is 19.2 Å². The van der Waals surface area contributed by atoms with E-state index in [1.54, 1.807) is 0 Å². The van der Waals surface area contributed by atoms with Gasteiger partial charge in [-0.3, -0.25) is 9.69 Å². The van der Waals surface area contributed by atoms with Gasteiger partial charge >= 0.3 is 0 Å². The molecule has 1 saturated heterocycles. The van der Waals surface area contributed by atoms with Crippen molar-refractivity contribution in [2.75, 3.05) is 33.4 Å². The maximum atomic E-state index is 13.3. The lowest BCUT2D eigenvalue weighted by atomic mass is 10.1. The van der Waals surface area contributed by atoms with Gasteiger partial charge in [-0.25, -0.2) is 4.39 Å². The summed E-state index contributed by atoms with van der Waals surface area (Å²) in [6.45, 7) is 2.10. The van der Waals surface area contributed by atoms with Crippen LogP contribution in [0.15, 0.2) is 18.2 Å². The lowest BCUT2D eigenvalue weighted by Crippen LogP contribution is -2.28. The second-order valence-electron chi connectivity index (χ2n) is 5.17. The number of Topliss-reactive ketones (excluding diaryl/α,β-unsaturated/α-hetero) is 1. The second kappa shape index (κ2) is 6.81. The third-order valence-corrected chi connectivity index (χ3v) is 3.74. The fourth-order valence-electron chi connectivity index (χ4n) is 2.66. The van der Waals surface area contributed by atoms with E-state index in [1.807, 2.05) is 4.90 Å². The van der Waals surface area contributed by atoms with Crippen molar-refractivity contribution in [3.05, 3.63) is 29.6 Å². The zero-order valence-electron chi connectivity index (χ0n) is 11.6. The summed E-state index contributed by atoms with van der Waals surface area (Å²) >= 11 is 0. The van der Waals surface area contributed by atoms with Crippen molar-refractivity contribution in [2.24, 2.45) is 5.92 Å². The van der Waals surface area contributed by atoms with Crippen molar-refractivity contribution >= 4 is 5.78 Å². The average Bonchev–Trinajstić information content (AvgIpc) is 2.86. The van der Waals surface area contributed by atoms with Gasteiger partial charge in [0, 0.05) is 13.2 Å². The van der Waals surface area contributed by atoms with Crippen LogP contribution in [0, 0.1) is 11.7 Å². The number of likely N-dealkylation sites (tertiary alicyclic amines) is 1. The predicted octanol–water partition coefficient (Wildman–Crippen LogP) is 1.72. The van der Waals surface area contributed by atoms with Gasteiger partial charge in [-0.05, 0) is 43.5 Å². The first-order chi connectivity index (χ1) is 9.63. The lowest BCUT2D eigenvalue weighted by molar-refractivity contribution is 0.0939. The molecule has 0 amide bonds. The molecule has 1 aliphatic heterocycles. The quantitative estimate of drug-likeness (QED) is 0.807. The Morgan fingerprint density at radius 2 is 2.35 bits per heavy atom. The van der Waals surface area contributed by atoms with Crippen LogP contribution in [-0.4, -0.2) is 49.1 Å². The number of hydrogen-bond acceptors (Lipinski definition) is 4. The largest absolute Gasteiger partial charge is 0.496 e. The summed E-state index contributed by atoms with van der Waals surface area (Å²) in [5, 5.41) is 8.93. The van der Waals surface area contributed by atoms with Crippen molar-refractivity contribution in [3.63, 3.8) is 0 Å². The van der Waals surface area contributed by atoms with Gasteiger partial charge in [-0.15, -0.1) is 0 Å². The number of halogens is 1. The molecule has 1 unspecified atom stereocenters. The van der Waals surface area contributed by atoms with Gasteiger partial charge in [0.25, 0.3) is 0 Å². The highest BCUT2D eigenvalue weighted by atomic mass is 19.1. The molecule has 0 aromatic heterocycles. The fourth-order valence-corrected chi connectivity index (χ4v) is 2.66. The summed E-state index contributed by atoms with van der Waals surface area (Å²) in [6, 6.07) is 3.98. The van der Waals surface area contributed by atoms with Crippen molar-refractivity contribution in [1.82, 2.24) is 4.90 Å². The molecule has 0 saturated carbocycles. The summed E-state index contributed by atoms with van der Waals surface area (Å²) in [5.74, 6) is 0.282. The number of methoxy groups -OCH3 is 1. The Bertz CT molecular complexity index is 478. The Hall–Kier alpha value is -1.46. The summed E-state index contributed by atoms with van der Waals surface area (Å²) in [6.07, 6.45) is 1.77. The number of ether oxygens (including phenoxy) is 1. The van der Waals surface area contributed by atoms with Crippen LogP contribution in [0.1, 0.15) is 23.2 Å². The van der Waals surface area contributed by atoms with Crippen LogP contribution >= 0.6 is 0 Å². The molecule has 5 heteroatoms. The number of rotatable bonds is 6. The highest BCUT2D eigenvalue weighted by molar-refractivity contribution is 6.00. The Balaban J connectivity index is 2.00. The molecule has 1 heterocycles. The summed E-state index contributed by atoms with van der Waals surface area (Å²) in [7, 11) is 1.47. The van der Waals surface area contributed by atoms with E-state index in [0.29, 0.717) is 11.7 Å². The van der Waals surface area contributed by atoms with E-state index >= 15 is 0 Å². The van der Waals surface area contributed by atoms with Gasteiger partial charge in [0.1, 0.15) is 11.6 Å². The lowest BCUT2D eigenvalue weighted by Gasteiger charge is -2.16. The molecule has 1 aromatic rings. The van der Waals surface area contributed by atoms with Crippen LogP contribution in [0.4, 0.5) is 4.39 Å². The van der Waals surface area contributed by atoms with Gasteiger partial charge in [-0.1, -0.05) is 0 Å². The molecule has 0 aliphatic carbocycles. The number of carbonyl (C=O) groups is 1. The highest BCUT2D eigenvalue weighted by Gasteiger charge is 2.25. The number of ketones is 1. The average molecular weight is 281 g/mol. The maximum Gasteiger partial charge on any atom is 0.180 e. The van der Waals surface area contributed by atoms with E-state index in [-0.39, 0.29) is 24.5 Å². The topological polar surface area (TPSA) is 49.8 Å². The summed E-state index contributed by atoms with van der Waals surface area (Å²) in [5.41, 5.74) is 0.290. The zero-order chi connectivity index (χ0) is 14.5.